The van der Waals surface area contributed by atoms with Crippen LogP contribution in [0.3, 0.4) is 0 Å². The molecule has 8 nitrogen and oxygen atoms in total. The number of fused-ring (bicyclic) bond motifs is 1. The number of nitrogens with zero attached hydrogens (tertiary/aromatic N) is 6. The number of hydrogen-bond donors (Lipinski definition) is 0. The molecule has 2 unspecified atom stereocenters. The van der Waals surface area contributed by atoms with Crippen molar-refractivity contribution in [1.82, 2.24) is 24.5 Å². The largest absolute Gasteiger partial charge is 0.328 e. The average Bonchev–Trinajstić information content (AvgIpc) is 3.24. The SMILES string of the molecule is CCN1C(n2nc(C)c(C)c2C)=NC2C1C(=O)N(Cc1c(F)cccc1Cl)C(=O)N2C. The molecule has 1 aromatic heterocycles. The highest BCUT2D eigenvalue weighted by Crippen LogP contribution is 2.31. The van der Waals surface area contributed by atoms with Gasteiger partial charge in [-0.05, 0) is 45.4 Å². The molecule has 0 N–H and O–H groups in total. The molecule has 0 aliphatic carbocycles. The minimum absolute atomic E-state index is 0.106. The van der Waals surface area contributed by atoms with E-state index in [4.69, 9.17) is 16.6 Å². The molecule has 1 fully saturated rings. The van der Waals surface area contributed by atoms with Crippen molar-refractivity contribution in [2.45, 2.75) is 46.4 Å². The van der Waals surface area contributed by atoms with E-state index >= 15 is 0 Å². The summed E-state index contributed by atoms with van der Waals surface area (Å²) in [5.41, 5.74) is 2.94. The lowest BCUT2D eigenvalue weighted by Gasteiger charge is -2.41. The van der Waals surface area contributed by atoms with Gasteiger partial charge >= 0.3 is 6.03 Å². The van der Waals surface area contributed by atoms with Crippen molar-refractivity contribution < 1.29 is 14.0 Å². The van der Waals surface area contributed by atoms with Gasteiger partial charge in [-0.15, -0.1) is 0 Å². The Labute approximate surface area is 184 Å². The molecule has 1 aromatic carbocycles. The van der Waals surface area contributed by atoms with Gasteiger partial charge in [0, 0.05) is 29.9 Å². The van der Waals surface area contributed by atoms with Crippen molar-refractivity contribution in [3.05, 3.63) is 51.6 Å². The number of aliphatic imine (C=N–C) groups is 1. The van der Waals surface area contributed by atoms with Crippen LogP contribution < -0.4 is 0 Å². The monoisotopic (exact) mass is 446 g/mol. The summed E-state index contributed by atoms with van der Waals surface area (Å²) in [7, 11) is 1.59. The molecule has 2 aliphatic rings. The molecule has 4 rings (SSSR count). The summed E-state index contributed by atoms with van der Waals surface area (Å²) in [6.45, 7) is 7.99. The molecule has 2 aliphatic heterocycles. The number of amides is 3. The molecule has 3 heterocycles. The van der Waals surface area contributed by atoms with Crippen molar-refractivity contribution in [1.29, 1.82) is 0 Å². The number of rotatable bonds is 3. The third-order valence-electron chi connectivity index (χ3n) is 6.13. The molecule has 3 amide bonds. The fourth-order valence-electron chi connectivity index (χ4n) is 4.08. The fraction of sp³-hybridized carbons (Fsp3) is 0.429. The first-order valence-electron chi connectivity index (χ1n) is 10.1. The van der Waals surface area contributed by atoms with Crippen LogP contribution in [0.25, 0.3) is 0 Å². The smallest absolute Gasteiger partial charge is 0.325 e. The molecular weight excluding hydrogens is 423 g/mol. The van der Waals surface area contributed by atoms with E-state index < -0.39 is 30.0 Å². The van der Waals surface area contributed by atoms with E-state index in [-0.39, 0.29) is 17.1 Å². The maximum atomic E-state index is 14.3. The van der Waals surface area contributed by atoms with Gasteiger partial charge in [0.15, 0.2) is 12.2 Å². The van der Waals surface area contributed by atoms with Crippen molar-refractivity contribution in [2.75, 3.05) is 13.6 Å². The number of halogens is 2. The van der Waals surface area contributed by atoms with Crippen LogP contribution >= 0.6 is 11.6 Å². The lowest BCUT2D eigenvalue weighted by molar-refractivity contribution is -0.138. The summed E-state index contributed by atoms with van der Waals surface area (Å²) in [6.07, 6.45) is -0.688. The van der Waals surface area contributed by atoms with Crippen molar-refractivity contribution in [3.63, 3.8) is 0 Å². The Morgan fingerprint density at radius 3 is 2.48 bits per heavy atom. The van der Waals surface area contributed by atoms with Gasteiger partial charge in [-0.3, -0.25) is 9.69 Å². The maximum Gasteiger partial charge on any atom is 0.328 e. The number of benzene rings is 1. The van der Waals surface area contributed by atoms with Crippen LogP contribution in [0.4, 0.5) is 9.18 Å². The lowest BCUT2D eigenvalue weighted by atomic mass is 10.1. The Morgan fingerprint density at radius 1 is 1.19 bits per heavy atom. The van der Waals surface area contributed by atoms with E-state index in [0.717, 1.165) is 21.9 Å². The summed E-state index contributed by atoms with van der Waals surface area (Å²) in [6, 6.07) is 3.00. The molecule has 31 heavy (non-hydrogen) atoms. The molecule has 2 aromatic rings. The molecule has 10 heteroatoms. The summed E-state index contributed by atoms with van der Waals surface area (Å²) < 4.78 is 16.1. The van der Waals surface area contributed by atoms with E-state index in [0.29, 0.717) is 12.5 Å². The number of carbonyl (C=O) groups is 2. The van der Waals surface area contributed by atoms with Gasteiger partial charge < -0.3 is 9.80 Å². The zero-order valence-corrected chi connectivity index (χ0v) is 18.8. The topological polar surface area (TPSA) is 74.0 Å². The summed E-state index contributed by atoms with van der Waals surface area (Å²) in [5.74, 6) is -0.483. The van der Waals surface area contributed by atoms with Gasteiger partial charge in [-0.25, -0.2) is 18.9 Å². The zero-order chi connectivity index (χ0) is 22.6. The Morgan fingerprint density at radius 2 is 1.90 bits per heavy atom. The van der Waals surface area contributed by atoms with Crippen LogP contribution in [0.15, 0.2) is 23.2 Å². The Bertz CT molecular complexity index is 1090. The first-order chi connectivity index (χ1) is 14.7. The van der Waals surface area contributed by atoms with Crippen LogP contribution in [0.2, 0.25) is 5.02 Å². The predicted molar refractivity (Wildman–Crippen MR) is 114 cm³/mol. The average molecular weight is 447 g/mol. The molecule has 1 saturated heterocycles. The van der Waals surface area contributed by atoms with Gasteiger partial charge in [0.1, 0.15) is 5.82 Å². The number of aryl methyl sites for hydroxylation is 1. The third-order valence-corrected chi connectivity index (χ3v) is 6.49. The van der Waals surface area contributed by atoms with Crippen LogP contribution in [-0.4, -0.2) is 68.2 Å². The Hall–Kier alpha value is -2.94. The van der Waals surface area contributed by atoms with Crippen molar-refractivity contribution in [3.8, 4) is 0 Å². The molecule has 164 valence electrons. The van der Waals surface area contributed by atoms with Crippen LogP contribution in [-0.2, 0) is 11.3 Å². The number of aromatic nitrogens is 2. The van der Waals surface area contributed by atoms with Crippen molar-refractivity contribution >= 4 is 29.5 Å². The molecule has 0 bridgehead atoms. The normalized spacial score (nSPS) is 21.1. The molecule has 2 atom stereocenters. The number of urea groups is 1. The van der Waals surface area contributed by atoms with Crippen LogP contribution in [0.1, 0.15) is 29.4 Å². The van der Waals surface area contributed by atoms with Gasteiger partial charge in [0.25, 0.3) is 5.91 Å². The van der Waals surface area contributed by atoms with Crippen LogP contribution in [0, 0.1) is 26.6 Å². The van der Waals surface area contributed by atoms with Gasteiger partial charge in [-0.2, -0.15) is 5.10 Å². The highest BCUT2D eigenvalue weighted by atomic mass is 35.5. The first-order valence-corrected chi connectivity index (χ1v) is 10.4. The zero-order valence-electron chi connectivity index (χ0n) is 18.1. The molecule has 0 spiro atoms. The second-order valence-electron chi connectivity index (χ2n) is 7.80. The quantitative estimate of drug-likeness (QED) is 0.726. The lowest BCUT2D eigenvalue weighted by Crippen LogP contribution is -2.64. The molecule has 0 saturated carbocycles. The van der Waals surface area contributed by atoms with Crippen LogP contribution in [0.5, 0.6) is 0 Å². The second-order valence-corrected chi connectivity index (χ2v) is 8.21. The van der Waals surface area contributed by atoms with Crippen molar-refractivity contribution in [2.24, 2.45) is 4.99 Å². The van der Waals surface area contributed by atoms with Gasteiger partial charge in [0.2, 0.25) is 5.96 Å². The van der Waals surface area contributed by atoms with Gasteiger partial charge in [-0.1, -0.05) is 17.7 Å². The molecular formula is C21H24ClFN6O2. The summed E-state index contributed by atoms with van der Waals surface area (Å²) in [4.78, 5) is 35.5. The number of imide groups is 1. The minimum atomic E-state index is -0.725. The second kappa shape index (κ2) is 7.64. The van der Waals surface area contributed by atoms with Gasteiger partial charge in [0.05, 0.1) is 12.2 Å². The molecule has 0 radical (unpaired) electrons. The van der Waals surface area contributed by atoms with E-state index in [2.05, 4.69) is 5.10 Å². The summed E-state index contributed by atoms with van der Waals surface area (Å²) in [5, 5.41) is 4.74. The maximum absolute atomic E-state index is 14.3. The third kappa shape index (κ3) is 3.18. The first kappa shape index (κ1) is 21.3. The predicted octanol–water partition coefficient (Wildman–Crippen LogP) is 2.93. The summed E-state index contributed by atoms with van der Waals surface area (Å²) >= 11 is 6.14. The number of likely N-dealkylation sites (N-methyl/N-ethyl adjacent to an activating group) is 2. The van der Waals surface area contributed by atoms with E-state index in [1.54, 1.807) is 11.7 Å². The number of carbonyl (C=O) groups excluding carboxylic acids is 2. The highest BCUT2D eigenvalue weighted by molar-refractivity contribution is 6.31. The Kier molecular flexibility index (Phi) is 5.25. The van der Waals surface area contributed by atoms with E-state index in [1.165, 1.54) is 23.1 Å². The van der Waals surface area contributed by atoms with E-state index in [9.17, 15) is 14.0 Å². The van der Waals surface area contributed by atoms with E-state index in [1.807, 2.05) is 32.6 Å². The standard InChI is InChI=1S/C21H24ClFN6O2/c1-6-27-17-18(24-20(27)29-13(4)11(2)12(3)25-29)26(5)21(31)28(19(17)30)10-14-15(22)8-7-9-16(14)23/h7-9,17-18H,6,10H2,1-5H3. The minimum Gasteiger partial charge on any atom is -0.325 e. The highest BCUT2D eigenvalue weighted by Gasteiger charge is 2.52. The fourth-order valence-corrected chi connectivity index (χ4v) is 4.30. The number of hydrogen-bond acceptors (Lipinski definition) is 5. The Balaban J connectivity index is 1.73.